The summed E-state index contributed by atoms with van der Waals surface area (Å²) in [5.74, 6) is 0.119. The molecular formula is C23H21NO5. The van der Waals surface area contributed by atoms with Crippen molar-refractivity contribution in [1.82, 2.24) is 4.98 Å². The van der Waals surface area contributed by atoms with Gasteiger partial charge in [-0.25, -0.2) is 4.79 Å². The fourth-order valence-electron chi connectivity index (χ4n) is 3.47. The Labute approximate surface area is 168 Å². The van der Waals surface area contributed by atoms with Crippen molar-refractivity contribution < 1.29 is 24.5 Å². The van der Waals surface area contributed by atoms with Gasteiger partial charge in [-0.1, -0.05) is 18.2 Å². The molecule has 1 aliphatic rings. The van der Waals surface area contributed by atoms with Crippen LogP contribution in [-0.4, -0.2) is 27.8 Å². The maximum atomic E-state index is 11.2. The number of pyridine rings is 1. The molecule has 2 aromatic carbocycles. The third kappa shape index (κ3) is 4.38. The van der Waals surface area contributed by atoms with Crippen LogP contribution in [0, 0.1) is 5.92 Å². The molecule has 0 aliphatic carbocycles. The van der Waals surface area contributed by atoms with E-state index in [1.165, 1.54) is 0 Å². The molecule has 1 aliphatic heterocycles. The molecule has 0 bridgehead atoms. The second-order valence-electron chi connectivity index (χ2n) is 7.03. The Morgan fingerprint density at radius 3 is 2.83 bits per heavy atom. The molecule has 0 radical (unpaired) electrons. The lowest BCUT2D eigenvalue weighted by Crippen LogP contribution is -2.27. The Morgan fingerprint density at radius 1 is 1.14 bits per heavy atom. The summed E-state index contributed by atoms with van der Waals surface area (Å²) in [5.41, 5.74) is 2.58. The van der Waals surface area contributed by atoms with E-state index in [2.05, 4.69) is 4.98 Å². The molecule has 2 unspecified atom stereocenters. The van der Waals surface area contributed by atoms with Crippen LogP contribution < -0.4 is 9.47 Å². The highest BCUT2D eigenvalue weighted by Gasteiger charge is 2.30. The third-order valence-electron chi connectivity index (χ3n) is 4.98. The molecule has 2 atom stereocenters. The molecule has 1 aromatic heterocycles. The van der Waals surface area contributed by atoms with E-state index in [-0.39, 0.29) is 11.5 Å². The number of aliphatic hydroxyl groups is 1. The van der Waals surface area contributed by atoms with E-state index >= 15 is 0 Å². The van der Waals surface area contributed by atoms with Gasteiger partial charge in [-0.05, 0) is 54.4 Å². The summed E-state index contributed by atoms with van der Waals surface area (Å²) in [6.07, 6.45) is 1.50. The number of nitrogens with zero attached hydrogens (tertiary/aromatic N) is 1. The number of hydrogen-bond acceptors (Lipinski definition) is 5. The molecule has 0 saturated carbocycles. The molecule has 0 saturated heterocycles. The zero-order valence-electron chi connectivity index (χ0n) is 15.7. The highest BCUT2D eigenvalue weighted by Crippen LogP contribution is 2.39. The van der Waals surface area contributed by atoms with Crippen molar-refractivity contribution >= 4 is 5.97 Å². The van der Waals surface area contributed by atoms with Crippen molar-refractivity contribution in [3.05, 3.63) is 89.2 Å². The normalized spacial score (nSPS) is 17.8. The Kier molecular flexibility index (Phi) is 5.44. The second kappa shape index (κ2) is 8.32. The topological polar surface area (TPSA) is 88.9 Å². The van der Waals surface area contributed by atoms with Crippen LogP contribution in [0.4, 0.5) is 0 Å². The van der Waals surface area contributed by atoms with E-state index in [1.807, 2.05) is 30.3 Å². The van der Waals surface area contributed by atoms with Crippen LogP contribution >= 0.6 is 0 Å². The van der Waals surface area contributed by atoms with Crippen molar-refractivity contribution in [2.24, 2.45) is 5.92 Å². The SMILES string of the molecule is O=C(O)c1cccc(CC2COc3ccc(OCc4ccccn4)cc3C2O)c1. The van der Waals surface area contributed by atoms with Crippen molar-refractivity contribution in [3.63, 3.8) is 0 Å². The minimum atomic E-state index is -0.965. The third-order valence-corrected chi connectivity index (χ3v) is 4.98. The van der Waals surface area contributed by atoms with Crippen LogP contribution in [0.2, 0.25) is 0 Å². The average molecular weight is 391 g/mol. The molecule has 4 rings (SSSR count). The zero-order valence-corrected chi connectivity index (χ0v) is 15.7. The fourth-order valence-corrected chi connectivity index (χ4v) is 3.47. The maximum Gasteiger partial charge on any atom is 0.335 e. The smallest absolute Gasteiger partial charge is 0.335 e. The van der Waals surface area contributed by atoms with E-state index in [4.69, 9.17) is 14.6 Å². The number of hydrogen-bond donors (Lipinski definition) is 2. The standard InChI is InChI=1S/C23H21NO5/c25-22-17(11-15-4-3-5-16(10-15)23(26)27)13-29-21-8-7-19(12-20(21)22)28-14-18-6-1-2-9-24-18/h1-10,12,17,22,25H,11,13-14H2,(H,26,27). The molecule has 6 nitrogen and oxygen atoms in total. The lowest BCUT2D eigenvalue weighted by Gasteiger charge is -2.30. The van der Waals surface area contributed by atoms with Crippen LogP contribution in [0.1, 0.15) is 33.3 Å². The molecule has 29 heavy (non-hydrogen) atoms. The van der Waals surface area contributed by atoms with Gasteiger partial charge in [0, 0.05) is 17.7 Å². The molecule has 2 N–H and O–H groups in total. The van der Waals surface area contributed by atoms with Crippen molar-refractivity contribution in [3.8, 4) is 11.5 Å². The number of aromatic nitrogens is 1. The highest BCUT2D eigenvalue weighted by atomic mass is 16.5. The number of carboxylic acid groups (broad SMARTS) is 1. The Morgan fingerprint density at radius 2 is 2.03 bits per heavy atom. The Hall–Kier alpha value is -3.38. The van der Waals surface area contributed by atoms with E-state index in [9.17, 15) is 9.90 Å². The predicted octanol–water partition coefficient (Wildman–Crippen LogP) is 3.64. The molecule has 148 valence electrons. The number of carbonyl (C=O) groups is 1. The number of fused-ring (bicyclic) bond motifs is 1. The van der Waals surface area contributed by atoms with Crippen LogP contribution in [0.15, 0.2) is 66.9 Å². The number of aromatic carboxylic acids is 1. The van der Waals surface area contributed by atoms with Crippen LogP contribution in [-0.2, 0) is 13.0 Å². The average Bonchev–Trinajstić information content (AvgIpc) is 2.75. The molecule has 2 heterocycles. The largest absolute Gasteiger partial charge is 0.493 e. The second-order valence-corrected chi connectivity index (χ2v) is 7.03. The molecule has 0 fully saturated rings. The zero-order chi connectivity index (χ0) is 20.2. The van der Waals surface area contributed by atoms with Crippen molar-refractivity contribution in [2.75, 3.05) is 6.61 Å². The van der Waals surface area contributed by atoms with E-state index in [1.54, 1.807) is 36.5 Å². The van der Waals surface area contributed by atoms with Gasteiger partial charge in [0.2, 0.25) is 0 Å². The van der Waals surface area contributed by atoms with Gasteiger partial charge in [0.25, 0.3) is 0 Å². The first kappa shape index (κ1) is 19.0. The van der Waals surface area contributed by atoms with Gasteiger partial charge in [0.1, 0.15) is 18.1 Å². The predicted molar refractivity (Wildman–Crippen MR) is 106 cm³/mol. The van der Waals surface area contributed by atoms with Gasteiger partial charge in [0.15, 0.2) is 0 Å². The highest BCUT2D eigenvalue weighted by molar-refractivity contribution is 5.87. The fraction of sp³-hybridized carbons (Fsp3) is 0.217. The van der Waals surface area contributed by atoms with Gasteiger partial charge in [-0.2, -0.15) is 0 Å². The Bertz CT molecular complexity index is 1010. The number of ether oxygens (including phenoxy) is 2. The van der Waals surface area contributed by atoms with Gasteiger partial charge in [-0.15, -0.1) is 0 Å². The summed E-state index contributed by atoms with van der Waals surface area (Å²) in [6, 6.07) is 17.8. The first-order valence-corrected chi connectivity index (χ1v) is 9.40. The van der Waals surface area contributed by atoms with Gasteiger partial charge < -0.3 is 19.7 Å². The summed E-state index contributed by atoms with van der Waals surface area (Å²) in [6.45, 7) is 0.696. The quantitative estimate of drug-likeness (QED) is 0.667. The van der Waals surface area contributed by atoms with Crippen LogP contribution in [0.5, 0.6) is 11.5 Å². The minimum absolute atomic E-state index is 0.183. The molecule has 0 spiro atoms. The minimum Gasteiger partial charge on any atom is -0.493 e. The summed E-state index contributed by atoms with van der Waals surface area (Å²) in [4.78, 5) is 15.4. The van der Waals surface area contributed by atoms with Gasteiger partial charge in [-0.3, -0.25) is 4.98 Å². The number of carboxylic acids is 1. The summed E-state index contributed by atoms with van der Waals surface area (Å²) in [5, 5.41) is 20.1. The van der Waals surface area contributed by atoms with E-state index < -0.39 is 12.1 Å². The summed E-state index contributed by atoms with van der Waals surface area (Å²) in [7, 11) is 0. The molecule has 3 aromatic rings. The van der Waals surface area contributed by atoms with E-state index in [0.717, 1.165) is 11.3 Å². The first-order valence-electron chi connectivity index (χ1n) is 9.40. The molecule has 0 amide bonds. The lowest BCUT2D eigenvalue weighted by atomic mass is 9.88. The first-order chi connectivity index (χ1) is 14.1. The number of rotatable bonds is 6. The summed E-state index contributed by atoms with van der Waals surface area (Å²) < 4.78 is 11.6. The van der Waals surface area contributed by atoms with Crippen LogP contribution in [0.25, 0.3) is 0 Å². The number of benzene rings is 2. The van der Waals surface area contributed by atoms with Crippen molar-refractivity contribution in [2.45, 2.75) is 19.1 Å². The van der Waals surface area contributed by atoms with E-state index in [0.29, 0.717) is 36.7 Å². The van der Waals surface area contributed by atoms with Gasteiger partial charge >= 0.3 is 5.97 Å². The maximum absolute atomic E-state index is 11.2. The van der Waals surface area contributed by atoms with Crippen LogP contribution in [0.3, 0.4) is 0 Å². The van der Waals surface area contributed by atoms with Crippen molar-refractivity contribution in [1.29, 1.82) is 0 Å². The monoisotopic (exact) mass is 391 g/mol. The Balaban J connectivity index is 1.48. The number of aliphatic hydroxyl groups excluding tert-OH is 1. The summed E-state index contributed by atoms with van der Waals surface area (Å²) >= 11 is 0. The lowest BCUT2D eigenvalue weighted by molar-refractivity contribution is 0.0504. The molecular weight excluding hydrogens is 370 g/mol. The molecule has 6 heteroatoms. The van der Waals surface area contributed by atoms with Gasteiger partial charge in [0.05, 0.1) is 24.0 Å².